The van der Waals surface area contributed by atoms with Crippen molar-refractivity contribution in [3.8, 4) is 28.4 Å². The molecule has 0 fully saturated rings. The fourth-order valence-electron chi connectivity index (χ4n) is 3.67. The van der Waals surface area contributed by atoms with Crippen LogP contribution >= 0.6 is 23.2 Å². The summed E-state index contributed by atoms with van der Waals surface area (Å²) in [5, 5.41) is 1.36. The molecular formula is C24H20Cl2N4O5. The molecule has 0 spiro atoms. The number of fused-ring (bicyclic) bond motifs is 1. The first-order valence-corrected chi connectivity index (χ1v) is 11.0. The van der Waals surface area contributed by atoms with Gasteiger partial charge in [-0.15, -0.1) is 0 Å². The topological polar surface area (TPSA) is 115 Å². The Hall–Kier alpha value is -3.95. The highest BCUT2D eigenvalue weighted by atomic mass is 35.5. The van der Waals surface area contributed by atoms with E-state index in [0.717, 1.165) is 11.1 Å². The summed E-state index contributed by atoms with van der Waals surface area (Å²) < 4.78 is 16.2. The van der Waals surface area contributed by atoms with E-state index in [9.17, 15) is 9.59 Å². The number of carbonyl (C=O) groups is 2. The van der Waals surface area contributed by atoms with Gasteiger partial charge >= 0.3 is 0 Å². The molecule has 2 aromatic carbocycles. The Morgan fingerprint density at radius 1 is 0.886 bits per heavy atom. The molecule has 0 aliphatic rings. The summed E-state index contributed by atoms with van der Waals surface area (Å²) in [6.07, 6.45) is 3.07. The fourth-order valence-corrected chi connectivity index (χ4v) is 3.95. The Morgan fingerprint density at radius 3 is 2.20 bits per heavy atom. The van der Waals surface area contributed by atoms with E-state index in [2.05, 4.69) is 20.8 Å². The van der Waals surface area contributed by atoms with Crippen LogP contribution in [-0.4, -0.2) is 43.1 Å². The van der Waals surface area contributed by atoms with Crippen LogP contribution < -0.4 is 25.1 Å². The van der Waals surface area contributed by atoms with Gasteiger partial charge in [-0.3, -0.25) is 20.4 Å². The normalized spacial score (nSPS) is 10.7. The van der Waals surface area contributed by atoms with E-state index >= 15 is 0 Å². The van der Waals surface area contributed by atoms with Crippen molar-refractivity contribution >= 4 is 45.9 Å². The van der Waals surface area contributed by atoms with Crippen molar-refractivity contribution in [1.82, 2.24) is 20.8 Å². The lowest BCUT2D eigenvalue weighted by Gasteiger charge is -2.15. The van der Waals surface area contributed by atoms with Gasteiger partial charge in [0, 0.05) is 22.8 Å². The van der Waals surface area contributed by atoms with Gasteiger partial charge < -0.3 is 19.2 Å². The highest BCUT2D eigenvalue weighted by molar-refractivity contribution is 6.30. The Kier molecular flexibility index (Phi) is 6.99. The smallest absolute Gasteiger partial charge is 0.275 e. The van der Waals surface area contributed by atoms with Crippen LogP contribution in [0.5, 0.6) is 17.2 Å². The minimum atomic E-state index is -0.642. The monoisotopic (exact) mass is 514 g/mol. The number of hydrogen-bond donors (Lipinski definition) is 3. The minimum Gasteiger partial charge on any atom is -0.496 e. The number of carbonyl (C=O) groups excluding carboxylic acids is 2. The van der Waals surface area contributed by atoms with Crippen LogP contribution in [0.1, 0.15) is 20.7 Å². The highest BCUT2D eigenvalue weighted by Gasteiger charge is 2.24. The third-order valence-electron chi connectivity index (χ3n) is 5.30. The lowest BCUT2D eigenvalue weighted by molar-refractivity contribution is 0.0844. The quantitative estimate of drug-likeness (QED) is 0.255. The molecule has 4 rings (SSSR count). The van der Waals surface area contributed by atoms with E-state index in [4.69, 9.17) is 37.4 Å². The molecule has 0 radical (unpaired) electrons. The lowest BCUT2D eigenvalue weighted by atomic mass is 10.0. The standard InChI is InChI=1S/C24H20Cl2N4O5/c1-33-16-9-17(34-2)21(22-20(16)15(10-28-22)12-4-6-13(25)7-5-12)24(32)30-29-23(31)14-8-19(26)27-11-18(14)35-3/h4-11,28H,1-3H3,(H,29,31)(H,30,32). The SMILES string of the molecule is COc1cnc(Cl)cc1C(=O)NNC(=O)c1c(OC)cc(OC)c2c(-c3ccc(Cl)cc3)c[nH]c12. The molecule has 0 aliphatic carbocycles. The van der Waals surface area contributed by atoms with Gasteiger partial charge in [-0.2, -0.15) is 0 Å². The second-order valence-electron chi connectivity index (χ2n) is 7.23. The van der Waals surface area contributed by atoms with Gasteiger partial charge in [0.05, 0.1) is 44.0 Å². The maximum absolute atomic E-state index is 13.2. The van der Waals surface area contributed by atoms with E-state index in [1.54, 1.807) is 24.4 Å². The van der Waals surface area contributed by atoms with E-state index < -0.39 is 11.8 Å². The molecular weight excluding hydrogens is 495 g/mol. The van der Waals surface area contributed by atoms with Gasteiger partial charge in [0.15, 0.2) is 0 Å². The van der Waals surface area contributed by atoms with Gasteiger partial charge in [0.2, 0.25) is 0 Å². The average Bonchev–Trinajstić information content (AvgIpc) is 3.31. The maximum Gasteiger partial charge on any atom is 0.275 e. The number of nitrogens with one attached hydrogen (secondary N) is 3. The third-order valence-corrected chi connectivity index (χ3v) is 5.75. The summed E-state index contributed by atoms with van der Waals surface area (Å²) in [6, 6.07) is 10.2. The number of benzene rings is 2. The number of aromatic amines is 1. The maximum atomic E-state index is 13.2. The van der Waals surface area contributed by atoms with Gasteiger partial charge in [-0.05, 0) is 23.8 Å². The Bertz CT molecular complexity index is 1420. The van der Waals surface area contributed by atoms with Crippen LogP contribution in [-0.2, 0) is 0 Å². The highest BCUT2D eigenvalue weighted by Crippen LogP contribution is 2.41. The number of ether oxygens (including phenoxy) is 3. The second-order valence-corrected chi connectivity index (χ2v) is 8.05. The van der Waals surface area contributed by atoms with Crippen molar-refractivity contribution in [2.45, 2.75) is 0 Å². The second kappa shape index (κ2) is 10.1. The van der Waals surface area contributed by atoms with Crippen LogP contribution in [0.2, 0.25) is 10.2 Å². The molecule has 9 nitrogen and oxygen atoms in total. The number of nitrogens with zero attached hydrogens (tertiary/aromatic N) is 1. The van der Waals surface area contributed by atoms with Crippen molar-refractivity contribution in [1.29, 1.82) is 0 Å². The van der Waals surface area contributed by atoms with Crippen LogP contribution in [0.25, 0.3) is 22.0 Å². The number of amides is 2. The van der Waals surface area contributed by atoms with Crippen molar-refractivity contribution in [3.63, 3.8) is 0 Å². The predicted octanol–water partition coefficient (Wildman–Crippen LogP) is 4.64. The largest absolute Gasteiger partial charge is 0.496 e. The third kappa shape index (κ3) is 4.68. The summed E-state index contributed by atoms with van der Waals surface area (Å²) in [7, 11) is 4.35. The van der Waals surface area contributed by atoms with Gasteiger partial charge in [-0.1, -0.05) is 35.3 Å². The molecule has 0 saturated heterocycles. The predicted molar refractivity (Wildman–Crippen MR) is 133 cm³/mol. The van der Waals surface area contributed by atoms with Crippen LogP contribution in [0.4, 0.5) is 0 Å². The van der Waals surface area contributed by atoms with Crippen LogP contribution in [0.3, 0.4) is 0 Å². The minimum absolute atomic E-state index is 0.0990. The molecule has 2 heterocycles. The Balaban J connectivity index is 1.71. The molecule has 2 amide bonds. The van der Waals surface area contributed by atoms with Crippen molar-refractivity contribution in [2.24, 2.45) is 0 Å². The van der Waals surface area contributed by atoms with Crippen molar-refractivity contribution < 1.29 is 23.8 Å². The summed E-state index contributed by atoms with van der Waals surface area (Å²) in [6.45, 7) is 0. The van der Waals surface area contributed by atoms with Crippen LogP contribution in [0, 0.1) is 0 Å². The molecule has 0 bridgehead atoms. The number of hydrogen-bond acceptors (Lipinski definition) is 6. The van der Waals surface area contributed by atoms with Crippen LogP contribution in [0.15, 0.2) is 48.8 Å². The zero-order chi connectivity index (χ0) is 25.1. The zero-order valence-electron chi connectivity index (χ0n) is 18.9. The molecule has 0 unspecified atom stereocenters. The summed E-state index contributed by atoms with van der Waals surface area (Å²) in [5.74, 6) is -0.319. The number of aromatic nitrogens is 2. The van der Waals surface area contributed by atoms with Gasteiger partial charge in [0.1, 0.15) is 28.0 Å². The molecule has 0 aliphatic heterocycles. The summed E-state index contributed by atoms with van der Waals surface area (Å²) in [4.78, 5) is 32.9. The van der Waals surface area contributed by atoms with Gasteiger partial charge in [0.25, 0.3) is 11.8 Å². The first kappa shape index (κ1) is 24.2. The van der Waals surface area contributed by atoms with E-state index in [1.165, 1.54) is 33.6 Å². The number of hydrazine groups is 1. The molecule has 3 N–H and O–H groups in total. The first-order valence-electron chi connectivity index (χ1n) is 10.2. The molecule has 2 aromatic heterocycles. The summed E-state index contributed by atoms with van der Waals surface area (Å²) >= 11 is 11.9. The molecule has 0 saturated carbocycles. The Morgan fingerprint density at radius 2 is 1.54 bits per heavy atom. The number of halogens is 2. The first-order chi connectivity index (χ1) is 16.9. The molecule has 180 valence electrons. The average molecular weight is 515 g/mol. The lowest BCUT2D eigenvalue weighted by Crippen LogP contribution is -2.42. The zero-order valence-corrected chi connectivity index (χ0v) is 20.4. The fraction of sp³-hybridized carbons (Fsp3) is 0.125. The van der Waals surface area contributed by atoms with Crippen molar-refractivity contribution in [2.75, 3.05) is 21.3 Å². The molecule has 4 aromatic rings. The number of H-pyrrole nitrogens is 1. The van der Waals surface area contributed by atoms with E-state index in [-0.39, 0.29) is 27.8 Å². The Labute approximate surface area is 210 Å². The molecule has 11 heteroatoms. The van der Waals surface area contributed by atoms with E-state index in [1.807, 2.05) is 12.1 Å². The van der Waals surface area contributed by atoms with Crippen molar-refractivity contribution in [3.05, 3.63) is 70.1 Å². The number of rotatable bonds is 6. The number of pyridine rings is 1. The molecule has 35 heavy (non-hydrogen) atoms. The number of methoxy groups -OCH3 is 3. The van der Waals surface area contributed by atoms with E-state index in [0.29, 0.717) is 21.7 Å². The summed E-state index contributed by atoms with van der Waals surface area (Å²) in [5.41, 5.74) is 7.18. The molecule has 0 atom stereocenters. The van der Waals surface area contributed by atoms with Gasteiger partial charge in [-0.25, -0.2) is 4.98 Å².